The fraction of sp³-hybridized carbons (Fsp3) is 0.143. The van der Waals surface area contributed by atoms with Gasteiger partial charge >= 0.3 is 0 Å². The highest BCUT2D eigenvalue weighted by Gasteiger charge is 2.20. The van der Waals surface area contributed by atoms with Crippen molar-refractivity contribution in [3.63, 3.8) is 0 Å². The first-order valence-corrected chi connectivity index (χ1v) is 6.41. The molecule has 0 bridgehead atoms. The summed E-state index contributed by atoms with van der Waals surface area (Å²) in [6.07, 6.45) is 6.78. The molecule has 96 valence electrons. The van der Waals surface area contributed by atoms with Gasteiger partial charge in [0.15, 0.2) is 0 Å². The molecule has 4 nitrogen and oxygen atoms in total. The molecular formula is C14H12ClN3O. The molecule has 0 aliphatic carbocycles. The van der Waals surface area contributed by atoms with Gasteiger partial charge in [-0.3, -0.25) is 14.8 Å². The third kappa shape index (κ3) is 2.27. The highest BCUT2D eigenvalue weighted by atomic mass is 35.5. The summed E-state index contributed by atoms with van der Waals surface area (Å²) in [4.78, 5) is 13.6. The second kappa shape index (κ2) is 4.90. The minimum Gasteiger partial charge on any atom is -0.284 e. The lowest BCUT2D eigenvalue weighted by molar-refractivity contribution is -0.118. The fourth-order valence-electron chi connectivity index (χ4n) is 2.10. The van der Waals surface area contributed by atoms with Crippen LogP contribution >= 0.6 is 11.6 Å². The summed E-state index contributed by atoms with van der Waals surface area (Å²) in [6, 6.07) is 7.43. The van der Waals surface area contributed by atoms with Gasteiger partial charge in [-0.05, 0) is 18.6 Å². The van der Waals surface area contributed by atoms with E-state index in [0.29, 0.717) is 11.4 Å². The molecule has 0 atom stereocenters. The molecule has 3 rings (SSSR count). The highest BCUT2D eigenvalue weighted by molar-refractivity contribution is 6.30. The Kier molecular flexibility index (Phi) is 3.09. The van der Waals surface area contributed by atoms with Crippen LogP contribution in [0.5, 0.6) is 0 Å². The third-order valence-corrected chi connectivity index (χ3v) is 3.31. The standard InChI is InChI=1S/C14H12ClN3O/c15-11-6-4-10(5-7-11)14-12(9-16-17-14)18-8-2-1-3-13(18)19/h2,4-9H,1,3H2,(H,16,17). The van der Waals surface area contributed by atoms with Gasteiger partial charge in [-0.2, -0.15) is 5.10 Å². The van der Waals surface area contributed by atoms with Crippen LogP contribution in [0.3, 0.4) is 0 Å². The first kappa shape index (κ1) is 12.0. The van der Waals surface area contributed by atoms with E-state index in [1.54, 1.807) is 17.3 Å². The monoisotopic (exact) mass is 273 g/mol. The second-order valence-electron chi connectivity index (χ2n) is 4.32. The van der Waals surface area contributed by atoms with Crippen LogP contribution in [-0.2, 0) is 4.79 Å². The van der Waals surface area contributed by atoms with Crippen molar-refractivity contribution in [1.29, 1.82) is 0 Å². The van der Waals surface area contributed by atoms with E-state index < -0.39 is 0 Å². The van der Waals surface area contributed by atoms with E-state index in [0.717, 1.165) is 23.4 Å². The molecule has 0 unspecified atom stereocenters. The van der Waals surface area contributed by atoms with Crippen molar-refractivity contribution in [3.8, 4) is 11.3 Å². The van der Waals surface area contributed by atoms with E-state index >= 15 is 0 Å². The summed E-state index contributed by atoms with van der Waals surface area (Å²) < 4.78 is 0. The number of benzene rings is 1. The number of allylic oxidation sites excluding steroid dienone is 1. The summed E-state index contributed by atoms with van der Waals surface area (Å²) in [5.41, 5.74) is 2.53. The van der Waals surface area contributed by atoms with Crippen LogP contribution in [0.2, 0.25) is 5.02 Å². The molecule has 1 aromatic heterocycles. The van der Waals surface area contributed by atoms with Crippen molar-refractivity contribution in [1.82, 2.24) is 10.2 Å². The first-order valence-electron chi connectivity index (χ1n) is 6.04. The van der Waals surface area contributed by atoms with Gasteiger partial charge in [0.1, 0.15) is 0 Å². The minimum atomic E-state index is 0.0825. The largest absolute Gasteiger partial charge is 0.284 e. The van der Waals surface area contributed by atoms with Crippen LogP contribution in [0.4, 0.5) is 5.69 Å². The van der Waals surface area contributed by atoms with E-state index in [2.05, 4.69) is 10.2 Å². The summed E-state index contributed by atoms with van der Waals surface area (Å²) >= 11 is 5.88. The Bertz CT molecular complexity index is 630. The number of amides is 1. The van der Waals surface area contributed by atoms with Gasteiger partial charge in [-0.15, -0.1) is 0 Å². The molecule has 0 saturated heterocycles. The molecule has 0 radical (unpaired) electrons. The maximum Gasteiger partial charge on any atom is 0.231 e. The van der Waals surface area contributed by atoms with Gasteiger partial charge in [-0.1, -0.05) is 29.8 Å². The SMILES string of the molecule is O=C1CCC=CN1c1cn[nH]c1-c1ccc(Cl)cc1. The molecule has 1 aromatic carbocycles. The molecular weight excluding hydrogens is 262 g/mol. The quantitative estimate of drug-likeness (QED) is 0.912. The first-order chi connectivity index (χ1) is 9.25. The Balaban J connectivity index is 2.02. The molecule has 1 amide bonds. The van der Waals surface area contributed by atoms with Crippen LogP contribution in [0.15, 0.2) is 42.7 Å². The lowest BCUT2D eigenvalue weighted by atomic mass is 10.1. The Morgan fingerprint density at radius 1 is 1.26 bits per heavy atom. The van der Waals surface area contributed by atoms with Crippen LogP contribution in [0, 0.1) is 0 Å². The smallest absolute Gasteiger partial charge is 0.231 e. The van der Waals surface area contributed by atoms with Crippen LogP contribution < -0.4 is 4.90 Å². The predicted molar refractivity (Wildman–Crippen MR) is 74.9 cm³/mol. The van der Waals surface area contributed by atoms with Crippen LogP contribution in [0.25, 0.3) is 11.3 Å². The molecule has 0 saturated carbocycles. The molecule has 2 aromatic rings. The number of hydrogen-bond acceptors (Lipinski definition) is 2. The number of anilines is 1. The summed E-state index contributed by atoms with van der Waals surface area (Å²) in [5.74, 6) is 0.0825. The predicted octanol–water partition coefficient (Wildman–Crippen LogP) is 3.37. The van der Waals surface area contributed by atoms with Gasteiger partial charge in [0.25, 0.3) is 0 Å². The van der Waals surface area contributed by atoms with Crippen molar-refractivity contribution < 1.29 is 4.79 Å². The van der Waals surface area contributed by atoms with Gasteiger partial charge in [0, 0.05) is 23.2 Å². The lowest BCUT2D eigenvalue weighted by Crippen LogP contribution is -2.27. The Morgan fingerprint density at radius 3 is 2.79 bits per heavy atom. The molecule has 19 heavy (non-hydrogen) atoms. The zero-order chi connectivity index (χ0) is 13.2. The molecule has 1 N–H and O–H groups in total. The normalized spacial score (nSPS) is 15.0. The second-order valence-corrected chi connectivity index (χ2v) is 4.76. The Labute approximate surface area is 115 Å². The summed E-state index contributed by atoms with van der Waals surface area (Å²) in [7, 11) is 0. The Hall–Kier alpha value is -2.07. The van der Waals surface area contributed by atoms with E-state index in [-0.39, 0.29) is 5.91 Å². The number of H-pyrrole nitrogens is 1. The zero-order valence-electron chi connectivity index (χ0n) is 10.1. The fourth-order valence-corrected chi connectivity index (χ4v) is 2.22. The van der Waals surface area contributed by atoms with E-state index in [4.69, 9.17) is 11.6 Å². The number of aromatic amines is 1. The van der Waals surface area contributed by atoms with Crippen molar-refractivity contribution in [2.24, 2.45) is 0 Å². The molecule has 1 aliphatic rings. The number of rotatable bonds is 2. The zero-order valence-corrected chi connectivity index (χ0v) is 10.9. The average Bonchev–Trinajstić information content (AvgIpc) is 2.89. The highest BCUT2D eigenvalue weighted by Crippen LogP contribution is 2.31. The van der Waals surface area contributed by atoms with Crippen molar-refractivity contribution in [2.75, 3.05) is 4.90 Å². The van der Waals surface area contributed by atoms with Gasteiger partial charge in [0.05, 0.1) is 17.6 Å². The average molecular weight is 274 g/mol. The maximum atomic E-state index is 11.9. The number of carbonyl (C=O) groups is 1. The van der Waals surface area contributed by atoms with Crippen molar-refractivity contribution in [2.45, 2.75) is 12.8 Å². The molecule has 0 spiro atoms. The lowest BCUT2D eigenvalue weighted by Gasteiger charge is -2.21. The summed E-state index contributed by atoms with van der Waals surface area (Å²) in [5, 5.41) is 7.66. The van der Waals surface area contributed by atoms with Gasteiger partial charge < -0.3 is 0 Å². The molecule has 5 heteroatoms. The van der Waals surface area contributed by atoms with Crippen molar-refractivity contribution >= 4 is 23.2 Å². The number of aromatic nitrogens is 2. The van der Waals surface area contributed by atoms with Crippen LogP contribution in [0.1, 0.15) is 12.8 Å². The molecule has 1 aliphatic heterocycles. The number of halogens is 1. The van der Waals surface area contributed by atoms with E-state index in [1.807, 2.05) is 30.3 Å². The van der Waals surface area contributed by atoms with E-state index in [9.17, 15) is 4.79 Å². The Morgan fingerprint density at radius 2 is 2.05 bits per heavy atom. The van der Waals surface area contributed by atoms with Gasteiger partial charge in [-0.25, -0.2) is 0 Å². The van der Waals surface area contributed by atoms with Crippen molar-refractivity contribution in [3.05, 3.63) is 47.8 Å². The molecule has 0 fully saturated rings. The topological polar surface area (TPSA) is 49.0 Å². The number of nitrogens with one attached hydrogen (secondary N) is 1. The summed E-state index contributed by atoms with van der Waals surface area (Å²) in [6.45, 7) is 0. The third-order valence-electron chi connectivity index (χ3n) is 3.06. The number of hydrogen-bond donors (Lipinski definition) is 1. The number of carbonyl (C=O) groups excluding carboxylic acids is 1. The minimum absolute atomic E-state index is 0.0825. The molecule has 2 heterocycles. The maximum absolute atomic E-state index is 11.9. The van der Waals surface area contributed by atoms with Gasteiger partial charge in [0.2, 0.25) is 5.91 Å². The van der Waals surface area contributed by atoms with E-state index in [1.165, 1.54) is 0 Å². The van der Waals surface area contributed by atoms with Crippen LogP contribution in [-0.4, -0.2) is 16.1 Å². The number of nitrogens with zero attached hydrogens (tertiary/aromatic N) is 2.